The highest BCUT2D eigenvalue weighted by atomic mass is 16.6. The van der Waals surface area contributed by atoms with Crippen molar-refractivity contribution in [1.29, 1.82) is 0 Å². The van der Waals surface area contributed by atoms with E-state index in [9.17, 15) is 14.4 Å². The number of unbranched alkanes of at least 4 members (excludes halogenated alkanes) is 46. The molecule has 0 aliphatic carbocycles. The normalized spacial score (nSPS) is 12.1. The Morgan fingerprint density at radius 1 is 0.274 bits per heavy atom. The predicted molar refractivity (Wildman–Crippen MR) is 316 cm³/mol. The lowest BCUT2D eigenvalue weighted by Crippen LogP contribution is -2.30. The first-order valence-electron chi connectivity index (χ1n) is 32.8. The van der Waals surface area contributed by atoms with Gasteiger partial charge in [-0.1, -0.05) is 321 Å². The van der Waals surface area contributed by atoms with Gasteiger partial charge in [-0.2, -0.15) is 0 Å². The van der Waals surface area contributed by atoms with Crippen molar-refractivity contribution in [2.24, 2.45) is 0 Å². The standard InChI is InChI=1S/C67H126O6/c1-4-7-10-13-16-18-20-22-24-26-28-30-31-32-33-34-35-36-37-38-40-41-43-45-47-49-51-54-57-60-66(69)72-63-64(62-71-65(68)59-56-53-15-12-9-6-3)73-67(70)61-58-55-52-50-48-46-44-42-39-29-27-25-23-21-19-17-14-11-8-5-2/h20,22,26,28,64H,4-19,21,23-25,27,29-63H2,1-3H3/b22-20-,28-26-. The first kappa shape index (κ1) is 70.9. The average molecular weight is 1030 g/mol. The molecule has 0 amide bonds. The molecule has 0 bridgehead atoms. The lowest BCUT2D eigenvalue weighted by Gasteiger charge is -2.18. The van der Waals surface area contributed by atoms with E-state index >= 15 is 0 Å². The SMILES string of the molecule is CCCCCCC/C=C\C/C=C\CCCCCCCCCCCCCCCCCCCC(=O)OCC(COC(=O)CCCCCCCC)OC(=O)CCCCCCCCCCCCCCCCCCCCCC. The van der Waals surface area contributed by atoms with Gasteiger partial charge < -0.3 is 14.2 Å². The number of esters is 3. The van der Waals surface area contributed by atoms with Gasteiger partial charge in [-0.25, -0.2) is 0 Å². The molecule has 73 heavy (non-hydrogen) atoms. The number of hydrogen-bond acceptors (Lipinski definition) is 6. The van der Waals surface area contributed by atoms with Crippen LogP contribution in [0.3, 0.4) is 0 Å². The van der Waals surface area contributed by atoms with E-state index in [-0.39, 0.29) is 31.1 Å². The van der Waals surface area contributed by atoms with Crippen LogP contribution in [0, 0.1) is 0 Å². The van der Waals surface area contributed by atoms with Crippen LogP contribution in [-0.4, -0.2) is 37.2 Å². The third-order valence-corrected chi connectivity index (χ3v) is 15.0. The number of carbonyl (C=O) groups is 3. The van der Waals surface area contributed by atoms with Crippen molar-refractivity contribution in [3.8, 4) is 0 Å². The topological polar surface area (TPSA) is 78.9 Å². The Balaban J connectivity index is 3.98. The second-order valence-electron chi connectivity index (χ2n) is 22.4. The maximum Gasteiger partial charge on any atom is 0.306 e. The fourth-order valence-corrected chi connectivity index (χ4v) is 10.0. The van der Waals surface area contributed by atoms with Crippen LogP contribution in [0.1, 0.15) is 367 Å². The Labute approximate surface area is 455 Å². The molecule has 6 nitrogen and oxygen atoms in total. The first-order valence-corrected chi connectivity index (χ1v) is 32.8. The zero-order valence-electron chi connectivity index (χ0n) is 49.4. The second-order valence-corrected chi connectivity index (χ2v) is 22.4. The number of rotatable bonds is 61. The van der Waals surface area contributed by atoms with Crippen molar-refractivity contribution < 1.29 is 28.6 Å². The van der Waals surface area contributed by atoms with Crippen LogP contribution in [0.15, 0.2) is 24.3 Å². The van der Waals surface area contributed by atoms with Gasteiger partial charge in [-0.05, 0) is 51.4 Å². The summed E-state index contributed by atoms with van der Waals surface area (Å²) in [5.74, 6) is -0.849. The van der Waals surface area contributed by atoms with Crippen molar-refractivity contribution in [2.75, 3.05) is 13.2 Å². The molecule has 0 aromatic rings. The highest BCUT2D eigenvalue weighted by Crippen LogP contribution is 2.18. The summed E-state index contributed by atoms with van der Waals surface area (Å²) in [7, 11) is 0. The molecule has 430 valence electrons. The van der Waals surface area contributed by atoms with Gasteiger partial charge in [-0.3, -0.25) is 14.4 Å². The zero-order valence-corrected chi connectivity index (χ0v) is 49.4. The number of carbonyl (C=O) groups excluding carboxylic acids is 3. The van der Waals surface area contributed by atoms with Crippen LogP contribution in [0.5, 0.6) is 0 Å². The molecule has 0 radical (unpaired) electrons. The largest absolute Gasteiger partial charge is 0.462 e. The third-order valence-electron chi connectivity index (χ3n) is 15.0. The van der Waals surface area contributed by atoms with Crippen molar-refractivity contribution in [2.45, 2.75) is 374 Å². The van der Waals surface area contributed by atoms with Crippen molar-refractivity contribution in [1.82, 2.24) is 0 Å². The molecule has 1 atom stereocenters. The minimum atomic E-state index is -0.764. The Morgan fingerprint density at radius 2 is 0.493 bits per heavy atom. The molecule has 0 N–H and O–H groups in total. The van der Waals surface area contributed by atoms with Crippen LogP contribution >= 0.6 is 0 Å². The Morgan fingerprint density at radius 3 is 0.753 bits per heavy atom. The molecule has 0 aliphatic rings. The average Bonchev–Trinajstić information content (AvgIpc) is 3.39. The van der Waals surface area contributed by atoms with E-state index in [0.29, 0.717) is 19.3 Å². The maximum atomic E-state index is 12.8. The zero-order chi connectivity index (χ0) is 52.9. The lowest BCUT2D eigenvalue weighted by atomic mass is 10.0. The van der Waals surface area contributed by atoms with Gasteiger partial charge in [0.2, 0.25) is 0 Å². The Kier molecular flexibility index (Phi) is 60.6. The van der Waals surface area contributed by atoms with E-state index in [1.165, 1.54) is 263 Å². The molecule has 1 unspecified atom stereocenters. The summed E-state index contributed by atoms with van der Waals surface area (Å²) in [6.45, 7) is 6.64. The van der Waals surface area contributed by atoms with E-state index in [0.717, 1.165) is 64.2 Å². The molecule has 0 aromatic heterocycles. The summed E-state index contributed by atoms with van der Waals surface area (Å²) >= 11 is 0. The third kappa shape index (κ3) is 60.6. The molecule has 0 aliphatic heterocycles. The summed E-state index contributed by atoms with van der Waals surface area (Å²) in [5.41, 5.74) is 0. The summed E-state index contributed by atoms with van der Waals surface area (Å²) in [6, 6.07) is 0. The van der Waals surface area contributed by atoms with Crippen molar-refractivity contribution >= 4 is 17.9 Å². The molecule has 6 heteroatoms. The second kappa shape index (κ2) is 62.4. The minimum absolute atomic E-state index is 0.0651. The fraction of sp³-hybridized carbons (Fsp3) is 0.896. The molecule has 0 spiro atoms. The smallest absolute Gasteiger partial charge is 0.306 e. The van der Waals surface area contributed by atoms with Crippen LogP contribution in [0.4, 0.5) is 0 Å². The molecule has 0 saturated carbocycles. The Hall–Kier alpha value is -2.11. The number of allylic oxidation sites excluding steroid dienone is 4. The first-order chi connectivity index (χ1) is 36.0. The van der Waals surface area contributed by atoms with E-state index in [1.54, 1.807) is 0 Å². The van der Waals surface area contributed by atoms with Gasteiger partial charge in [0.15, 0.2) is 6.10 Å². The van der Waals surface area contributed by atoms with Gasteiger partial charge in [0.05, 0.1) is 0 Å². The van der Waals surface area contributed by atoms with E-state index in [1.807, 2.05) is 0 Å². The quantitative estimate of drug-likeness (QED) is 0.0261. The van der Waals surface area contributed by atoms with Crippen LogP contribution < -0.4 is 0 Å². The molecular formula is C67H126O6. The fourth-order valence-electron chi connectivity index (χ4n) is 10.0. The summed E-state index contributed by atoms with van der Waals surface area (Å²) in [5, 5.41) is 0. The molecule has 0 fully saturated rings. The van der Waals surface area contributed by atoms with Crippen LogP contribution in [0.2, 0.25) is 0 Å². The predicted octanol–water partition coefficient (Wildman–Crippen LogP) is 22.2. The molecule has 0 saturated heterocycles. The van der Waals surface area contributed by atoms with E-state index in [4.69, 9.17) is 14.2 Å². The van der Waals surface area contributed by atoms with E-state index in [2.05, 4.69) is 45.1 Å². The lowest BCUT2D eigenvalue weighted by molar-refractivity contribution is -0.167. The van der Waals surface area contributed by atoms with Gasteiger partial charge in [0.1, 0.15) is 13.2 Å². The van der Waals surface area contributed by atoms with Gasteiger partial charge >= 0.3 is 17.9 Å². The van der Waals surface area contributed by atoms with Gasteiger partial charge in [0, 0.05) is 19.3 Å². The number of hydrogen-bond donors (Lipinski definition) is 0. The summed E-state index contributed by atoms with van der Waals surface area (Å²) in [4.78, 5) is 38.0. The number of ether oxygens (including phenoxy) is 3. The van der Waals surface area contributed by atoms with Crippen LogP contribution in [0.25, 0.3) is 0 Å². The monoisotopic (exact) mass is 1030 g/mol. The Bertz CT molecular complexity index is 1180. The summed E-state index contributed by atoms with van der Waals surface area (Å²) in [6.07, 6.45) is 75.2. The van der Waals surface area contributed by atoms with Gasteiger partial charge in [-0.15, -0.1) is 0 Å². The summed E-state index contributed by atoms with van der Waals surface area (Å²) < 4.78 is 16.8. The highest BCUT2D eigenvalue weighted by molar-refractivity contribution is 5.71. The van der Waals surface area contributed by atoms with Crippen LogP contribution in [-0.2, 0) is 28.6 Å². The van der Waals surface area contributed by atoms with E-state index < -0.39 is 6.10 Å². The molecule has 0 rings (SSSR count). The molecule has 0 aromatic carbocycles. The highest BCUT2D eigenvalue weighted by Gasteiger charge is 2.19. The molecular weight excluding hydrogens is 901 g/mol. The molecule has 0 heterocycles. The minimum Gasteiger partial charge on any atom is -0.462 e. The maximum absolute atomic E-state index is 12.8. The van der Waals surface area contributed by atoms with Gasteiger partial charge in [0.25, 0.3) is 0 Å². The van der Waals surface area contributed by atoms with Crippen molar-refractivity contribution in [3.05, 3.63) is 24.3 Å². The van der Waals surface area contributed by atoms with Crippen molar-refractivity contribution in [3.63, 3.8) is 0 Å².